The van der Waals surface area contributed by atoms with Crippen molar-refractivity contribution in [2.75, 3.05) is 12.3 Å². The molecule has 178 valence electrons. The maximum atomic E-state index is 12.8. The summed E-state index contributed by atoms with van der Waals surface area (Å²) < 4.78 is 12.6. The molecule has 0 aliphatic rings. The van der Waals surface area contributed by atoms with Gasteiger partial charge in [0.25, 0.3) is 5.56 Å². The number of nitrogens with zero attached hydrogens (tertiary/aromatic N) is 2. The van der Waals surface area contributed by atoms with Crippen LogP contribution in [-0.4, -0.2) is 33.6 Å². The van der Waals surface area contributed by atoms with Crippen molar-refractivity contribution in [3.05, 3.63) is 91.1 Å². The lowest BCUT2D eigenvalue weighted by atomic mass is 10.2. The van der Waals surface area contributed by atoms with Crippen molar-refractivity contribution in [1.29, 1.82) is 0 Å². The summed E-state index contributed by atoms with van der Waals surface area (Å²) in [6.07, 6.45) is -1.03. The van der Waals surface area contributed by atoms with Crippen LogP contribution >= 0.6 is 11.6 Å². The van der Waals surface area contributed by atoms with Crippen LogP contribution in [0.1, 0.15) is 28.4 Å². The third kappa shape index (κ3) is 5.37. The molecule has 3 rings (SSSR count). The second-order valence-electron chi connectivity index (χ2n) is 7.68. The van der Waals surface area contributed by atoms with Gasteiger partial charge in [0.15, 0.2) is 12.7 Å². The van der Waals surface area contributed by atoms with E-state index in [9.17, 15) is 19.2 Å². The van der Waals surface area contributed by atoms with Crippen molar-refractivity contribution >= 4 is 29.2 Å². The number of nitrogens with two attached hydrogens (primary N) is 1. The summed E-state index contributed by atoms with van der Waals surface area (Å²) in [5.41, 5.74) is 5.57. The molecule has 0 amide bonds. The molecule has 34 heavy (non-hydrogen) atoms. The lowest BCUT2D eigenvalue weighted by Gasteiger charge is -2.16. The van der Waals surface area contributed by atoms with Crippen molar-refractivity contribution in [1.82, 2.24) is 9.13 Å². The normalized spacial score (nSPS) is 11.6. The Hall–Kier alpha value is -3.85. The van der Waals surface area contributed by atoms with E-state index in [1.807, 2.05) is 6.07 Å². The molecule has 2 N–H and O–H groups in total. The summed E-state index contributed by atoms with van der Waals surface area (Å²) in [5, 5.41) is 0.526. The summed E-state index contributed by atoms with van der Waals surface area (Å²) in [5.74, 6) is -1.50. The number of Topliss-reactive ketones (excluding diaryl/α,β-unsaturated/α-hetero) is 1. The van der Waals surface area contributed by atoms with Gasteiger partial charge >= 0.3 is 11.7 Å². The van der Waals surface area contributed by atoms with E-state index in [0.717, 1.165) is 20.3 Å². The average molecular weight is 486 g/mol. The quantitative estimate of drug-likeness (QED) is 0.383. The Kier molecular flexibility index (Phi) is 7.57. The zero-order valence-electron chi connectivity index (χ0n) is 18.9. The Morgan fingerprint density at radius 3 is 2.44 bits per heavy atom. The predicted octanol–water partition coefficient (Wildman–Crippen LogP) is 2.33. The van der Waals surface area contributed by atoms with Gasteiger partial charge in [-0.25, -0.2) is 9.59 Å². The maximum absolute atomic E-state index is 12.8. The van der Waals surface area contributed by atoms with Gasteiger partial charge < -0.3 is 15.2 Å². The van der Waals surface area contributed by atoms with Crippen LogP contribution in [0, 0.1) is 6.92 Å². The van der Waals surface area contributed by atoms with E-state index in [-0.39, 0.29) is 12.4 Å². The molecule has 3 aromatic rings. The molecule has 0 saturated carbocycles. The summed E-state index contributed by atoms with van der Waals surface area (Å²) in [4.78, 5) is 50.4. The largest absolute Gasteiger partial charge is 0.479 e. The zero-order chi connectivity index (χ0) is 25.0. The monoisotopic (exact) mass is 485 g/mol. The number of aromatic nitrogens is 2. The second-order valence-corrected chi connectivity index (χ2v) is 8.12. The van der Waals surface area contributed by atoms with Crippen molar-refractivity contribution in [2.24, 2.45) is 7.05 Å². The van der Waals surface area contributed by atoms with E-state index in [2.05, 4.69) is 0 Å². The van der Waals surface area contributed by atoms with Gasteiger partial charge in [-0.1, -0.05) is 41.9 Å². The minimum atomic E-state index is -1.03. The molecule has 0 aliphatic heterocycles. The van der Waals surface area contributed by atoms with Gasteiger partial charge in [-0.3, -0.25) is 18.7 Å². The van der Waals surface area contributed by atoms with E-state index in [0.29, 0.717) is 10.8 Å². The van der Waals surface area contributed by atoms with Crippen LogP contribution in [0.4, 0.5) is 5.82 Å². The molecular formula is C24H24ClN3O6. The number of esters is 1. The van der Waals surface area contributed by atoms with Gasteiger partial charge in [-0.05, 0) is 43.2 Å². The number of carbonyl (C=O) groups excluding carboxylic acids is 2. The number of hydrogen-bond donors (Lipinski definition) is 1. The number of benzene rings is 2. The second kappa shape index (κ2) is 10.4. The van der Waals surface area contributed by atoms with Gasteiger partial charge in [0, 0.05) is 12.1 Å². The van der Waals surface area contributed by atoms with Gasteiger partial charge in [-0.15, -0.1) is 0 Å². The number of rotatable bonds is 8. The maximum Gasteiger partial charge on any atom is 0.347 e. The molecule has 9 nitrogen and oxygen atoms in total. The molecule has 2 aromatic carbocycles. The number of aryl methyl sites for hydroxylation is 1. The number of halogens is 1. The van der Waals surface area contributed by atoms with Crippen LogP contribution in [0.2, 0.25) is 5.02 Å². The molecule has 0 aliphatic carbocycles. The summed E-state index contributed by atoms with van der Waals surface area (Å²) in [6, 6.07) is 13.9. The van der Waals surface area contributed by atoms with Gasteiger partial charge in [-0.2, -0.15) is 0 Å². The molecule has 0 bridgehead atoms. The standard InChI is InChI=1S/C24H24ClN3O6/c1-14-11-17(25)9-10-19(14)34-15(2)23(31)33-13-18(29)20-21(26)28(24(32)27(3)22(20)30)12-16-7-5-4-6-8-16/h4-11,15H,12-13,26H2,1-3H3. The first-order valence-electron chi connectivity index (χ1n) is 10.4. The smallest absolute Gasteiger partial charge is 0.347 e. The number of carbonyl (C=O) groups is 2. The lowest BCUT2D eigenvalue weighted by Crippen LogP contribution is -2.43. The number of ketones is 1. The fourth-order valence-corrected chi connectivity index (χ4v) is 3.50. The molecular weight excluding hydrogens is 462 g/mol. The number of ether oxygens (including phenoxy) is 2. The van der Waals surface area contributed by atoms with Gasteiger partial charge in [0.05, 0.1) is 6.54 Å². The van der Waals surface area contributed by atoms with Crippen molar-refractivity contribution in [3.63, 3.8) is 0 Å². The molecule has 10 heteroatoms. The van der Waals surface area contributed by atoms with E-state index in [4.69, 9.17) is 26.8 Å². The van der Waals surface area contributed by atoms with Crippen LogP contribution < -0.4 is 21.7 Å². The first-order valence-corrected chi connectivity index (χ1v) is 10.7. The highest BCUT2D eigenvalue weighted by Gasteiger charge is 2.24. The summed E-state index contributed by atoms with van der Waals surface area (Å²) in [6.45, 7) is 2.56. The van der Waals surface area contributed by atoms with Gasteiger partial charge in [0.2, 0.25) is 5.78 Å². The van der Waals surface area contributed by atoms with Crippen LogP contribution in [0.5, 0.6) is 5.75 Å². The van der Waals surface area contributed by atoms with Crippen LogP contribution in [0.25, 0.3) is 0 Å². The molecule has 0 radical (unpaired) electrons. The van der Waals surface area contributed by atoms with E-state index in [1.54, 1.807) is 49.4 Å². The number of anilines is 1. The lowest BCUT2D eigenvalue weighted by molar-refractivity contribution is -0.149. The van der Waals surface area contributed by atoms with Crippen LogP contribution in [0.15, 0.2) is 58.1 Å². The van der Waals surface area contributed by atoms with Crippen molar-refractivity contribution < 1.29 is 19.1 Å². The molecule has 1 aromatic heterocycles. The molecule has 1 unspecified atom stereocenters. The Labute approximate surface area is 200 Å². The number of hydrogen-bond acceptors (Lipinski definition) is 7. The highest BCUT2D eigenvalue weighted by molar-refractivity contribution is 6.30. The highest BCUT2D eigenvalue weighted by atomic mass is 35.5. The zero-order valence-corrected chi connectivity index (χ0v) is 19.7. The fourth-order valence-electron chi connectivity index (χ4n) is 3.27. The first kappa shape index (κ1) is 24.8. The van der Waals surface area contributed by atoms with E-state index < -0.39 is 41.3 Å². The van der Waals surface area contributed by atoms with Gasteiger partial charge in [0.1, 0.15) is 17.1 Å². The molecule has 0 saturated heterocycles. The average Bonchev–Trinajstić information content (AvgIpc) is 2.81. The Morgan fingerprint density at radius 2 is 1.79 bits per heavy atom. The number of nitrogen functional groups attached to an aromatic ring is 1. The molecule has 1 atom stereocenters. The highest BCUT2D eigenvalue weighted by Crippen LogP contribution is 2.23. The molecule has 0 fully saturated rings. The predicted molar refractivity (Wildman–Crippen MR) is 127 cm³/mol. The topological polar surface area (TPSA) is 123 Å². The third-order valence-corrected chi connectivity index (χ3v) is 5.40. The van der Waals surface area contributed by atoms with Crippen LogP contribution in [-0.2, 0) is 23.1 Å². The SMILES string of the molecule is Cc1cc(Cl)ccc1OC(C)C(=O)OCC(=O)c1c(N)n(Cc2ccccc2)c(=O)n(C)c1=O. The van der Waals surface area contributed by atoms with Crippen molar-refractivity contribution in [2.45, 2.75) is 26.5 Å². The minimum absolute atomic E-state index is 0.0605. The Bertz CT molecular complexity index is 1350. The molecule has 0 spiro atoms. The Morgan fingerprint density at radius 1 is 1.12 bits per heavy atom. The third-order valence-electron chi connectivity index (χ3n) is 5.16. The van der Waals surface area contributed by atoms with Crippen molar-refractivity contribution in [3.8, 4) is 5.75 Å². The first-order chi connectivity index (χ1) is 16.1. The van der Waals surface area contributed by atoms with E-state index in [1.165, 1.54) is 14.0 Å². The fraction of sp³-hybridized carbons (Fsp3) is 0.250. The van der Waals surface area contributed by atoms with Crippen LogP contribution in [0.3, 0.4) is 0 Å². The van der Waals surface area contributed by atoms with E-state index >= 15 is 0 Å². The summed E-state index contributed by atoms with van der Waals surface area (Å²) >= 11 is 5.92. The molecule has 1 heterocycles. The summed E-state index contributed by atoms with van der Waals surface area (Å²) in [7, 11) is 1.25. The minimum Gasteiger partial charge on any atom is -0.479 e. The Balaban J connectivity index is 1.77.